The predicted octanol–water partition coefficient (Wildman–Crippen LogP) is 6.92. The van der Waals surface area contributed by atoms with Crippen LogP contribution >= 0.6 is 23.2 Å². The van der Waals surface area contributed by atoms with Crippen LogP contribution in [0.25, 0.3) is 0 Å². The van der Waals surface area contributed by atoms with E-state index in [1.54, 1.807) is 6.07 Å². The van der Waals surface area contributed by atoms with Crippen molar-refractivity contribution in [2.24, 2.45) is 0 Å². The number of hydrogen-bond donors (Lipinski definition) is 0. The highest BCUT2D eigenvalue weighted by Crippen LogP contribution is 2.27. The van der Waals surface area contributed by atoms with E-state index in [1.165, 1.54) is 57.1 Å². The molecule has 0 spiro atoms. The van der Waals surface area contributed by atoms with Crippen LogP contribution in [0.15, 0.2) is 30.4 Å². The number of carbonyl (C=O) groups excluding carboxylic acids is 2. The molecule has 156 valence electrons. The number of rotatable bonds is 14. The van der Waals surface area contributed by atoms with Gasteiger partial charge in [0.15, 0.2) is 5.75 Å². The van der Waals surface area contributed by atoms with Crippen molar-refractivity contribution in [2.45, 2.75) is 71.1 Å². The topological polar surface area (TPSA) is 52.6 Å². The molecule has 28 heavy (non-hydrogen) atoms. The van der Waals surface area contributed by atoms with E-state index in [4.69, 9.17) is 32.7 Å². The van der Waals surface area contributed by atoms with E-state index in [9.17, 15) is 9.59 Å². The summed E-state index contributed by atoms with van der Waals surface area (Å²) in [6, 6.07) is 4.54. The molecular weight excluding hydrogens is 399 g/mol. The number of benzene rings is 1. The van der Waals surface area contributed by atoms with Gasteiger partial charge in [-0.05, 0) is 18.6 Å². The molecule has 0 fully saturated rings. The maximum Gasteiger partial charge on any atom is 0.336 e. The largest absolute Gasteiger partial charge is 0.463 e. The first-order valence-corrected chi connectivity index (χ1v) is 10.8. The molecule has 0 saturated carbocycles. The first-order chi connectivity index (χ1) is 13.5. The van der Waals surface area contributed by atoms with Gasteiger partial charge in [-0.15, -0.1) is 0 Å². The molecule has 0 N–H and O–H groups in total. The number of unbranched alkanes of at least 4 members (excludes halogenated alkanes) is 9. The van der Waals surface area contributed by atoms with E-state index in [1.807, 2.05) is 0 Å². The second kappa shape index (κ2) is 15.4. The molecule has 0 atom stereocenters. The summed E-state index contributed by atoms with van der Waals surface area (Å²) in [6.07, 6.45) is 14.2. The minimum atomic E-state index is -0.722. The molecule has 0 aliphatic heterocycles. The molecule has 0 unspecified atom stereocenters. The summed E-state index contributed by atoms with van der Waals surface area (Å²) >= 11 is 11.7. The Hall–Kier alpha value is -1.52. The average Bonchev–Trinajstić information content (AvgIpc) is 2.67. The third kappa shape index (κ3) is 12.0. The zero-order valence-electron chi connectivity index (χ0n) is 16.6. The molecule has 0 amide bonds. The van der Waals surface area contributed by atoms with Crippen LogP contribution in [0.2, 0.25) is 10.0 Å². The second-order valence-electron chi connectivity index (χ2n) is 6.68. The van der Waals surface area contributed by atoms with Crippen LogP contribution in [0.5, 0.6) is 5.75 Å². The van der Waals surface area contributed by atoms with Crippen LogP contribution in [0.4, 0.5) is 0 Å². The first-order valence-electron chi connectivity index (χ1n) is 10.0. The van der Waals surface area contributed by atoms with Gasteiger partial charge in [0.25, 0.3) is 0 Å². The Morgan fingerprint density at radius 1 is 0.857 bits per heavy atom. The summed E-state index contributed by atoms with van der Waals surface area (Å²) in [5.41, 5.74) is 0. The lowest BCUT2D eigenvalue weighted by Crippen LogP contribution is -2.07. The van der Waals surface area contributed by atoms with Gasteiger partial charge in [-0.2, -0.15) is 0 Å². The molecule has 1 aromatic rings. The molecule has 0 aromatic heterocycles. The highest BCUT2D eigenvalue weighted by atomic mass is 35.5. The quantitative estimate of drug-likeness (QED) is 0.139. The molecule has 0 bridgehead atoms. The summed E-state index contributed by atoms with van der Waals surface area (Å²) < 4.78 is 10.1. The van der Waals surface area contributed by atoms with Crippen molar-refractivity contribution in [1.82, 2.24) is 0 Å². The van der Waals surface area contributed by atoms with Gasteiger partial charge < -0.3 is 9.47 Å². The van der Waals surface area contributed by atoms with Crippen LogP contribution in [0.3, 0.4) is 0 Å². The van der Waals surface area contributed by atoms with Gasteiger partial charge in [0.1, 0.15) is 0 Å². The average molecular weight is 429 g/mol. The van der Waals surface area contributed by atoms with Crippen molar-refractivity contribution in [1.29, 1.82) is 0 Å². The first kappa shape index (κ1) is 24.5. The summed E-state index contributed by atoms with van der Waals surface area (Å²) in [5, 5.41) is 0.654. The third-order valence-electron chi connectivity index (χ3n) is 4.20. The number of carbonyl (C=O) groups is 2. The van der Waals surface area contributed by atoms with Crippen molar-refractivity contribution in [2.75, 3.05) is 6.61 Å². The number of esters is 2. The lowest BCUT2D eigenvalue weighted by molar-refractivity contribution is -0.138. The predicted molar refractivity (Wildman–Crippen MR) is 114 cm³/mol. The monoisotopic (exact) mass is 428 g/mol. The Kier molecular flexibility index (Phi) is 13.5. The standard InChI is InChI=1S/C22H30Cl2O4/c1-2-3-4-5-6-7-8-9-10-11-16-27-21(25)14-15-22(26)28-20-17-18(23)12-13-19(20)24/h12-15,17H,2-11,16H2,1H3/b15-14+. The number of ether oxygens (including phenoxy) is 2. The minimum absolute atomic E-state index is 0.141. The van der Waals surface area contributed by atoms with Gasteiger partial charge in [0, 0.05) is 23.2 Å². The molecule has 0 aliphatic rings. The lowest BCUT2D eigenvalue weighted by atomic mass is 10.1. The molecule has 0 aliphatic carbocycles. The molecule has 1 aromatic carbocycles. The van der Waals surface area contributed by atoms with Gasteiger partial charge in [-0.3, -0.25) is 0 Å². The maximum absolute atomic E-state index is 11.7. The Morgan fingerprint density at radius 2 is 1.43 bits per heavy atom. The summed E-state index contributed by atoms with van der Waals surface area (Å²) in [4.78, 5) is 23.3. The van der Waals surface area contributed by atoms with E-state index in [-0.39, 0.29) is 10.8 Å². The molecular formula is C22H30Cl2O4. The van der Waals surface area contributed by atoms with Crippen molar-refractivity contribution in [3.63, 3.8) is 0 Å². The molecule has 4 nitrogen and oxygen atoms in total. The van der Waals surface area contributed by atoms with Crippen molar-refractivity contribution >= 4 is 35.1 Å². The van der Waals surface area contributed by atoms with Crippen LogP contribution in [-0.2, 0) is 14.3 Å². The molecule has 0 saturated heterocycles. The maximum atomic E-state index is 11.7. The molecule has 0 heterocycles. The summed E-state index contributed by atoms with van der Waals surface area (Å²) in [5.74, 6) is -1.15. The van der Waals surface area contributed by atoms with Crippen molar-refractivity contribution in [3.8, 4) is 5.75 Å². The smallest absolute Gasteiger partial charge is 0.336 e. The van der Waals surface area contributed by atoms with Gasteiger partial charge in [-0.1, -0.05) is 87.9 Å². The van der Waals surface area contributed by atoms with Crippen molar-refractivity contribution in [3.05, 3.63) is 40.4 Å². The fourth-order valence-corrected chi connectivity index (χ4v) is 2.96. The van der Waals surface area contributed by atoms with Gasteiger partial charge in [0.2, 0.25) is 0 Å². The summed E-state index contributed by atoms with van der Waals surface area (Å²) in [6.45, 7) is 2.58. The summed E-state index contributed by atoms with van der Waals surface area (Å²) in [7, 11) is 0. The fourth-order valence-electron chi connectivity index (χ4n) is 2.64. The highest BCUT2D eigenvalue weighted by Gasteiger charge is 2.07. The van der Waals surface area contributed by atoms with Gasteiger partial charge in [-0.25, -0.2) is 9.59 Å². The third-order valence-corrected chi connectivity index (χ3v) is 4.75. The molecule has 1 rings (SSSR count). The number of halogens is 2. The van der Waals surface area contributed by atoms with E-state index < -0.39 is 11.9 Å². The Balaban J connectivity index is 2.08. The highest BCUT2D eigenvalue weighted by molar-refractivity contribution is 6.34. The Morgan fingerprint density at radius 3 is 2.07 bits per heavy atom. The molecule has 0 radical (unpaired) electrons. The van der Waals surface area contributed by atoms with Crippen LogP contribution in [-0.4, -0.2) is 18.5 Å². The van der Waals surface area contributed by atoms with Gasteiger partial charge in [0.05, 0.1) is 11.6 Å². The SMILES string of the molecule is CCCCCCCCCCCCOC(=O)/C=C/C(=O)Oc1cc(Cl)ccc1Cl. The van der Waals surface area contributed by atoms with Crippen LogP contribution < -0.4 is 4.74 Å². The van der Waals surface area contributed by atoms with Crippen LogP contribution in [0, 0.1) is 0 Å². The number of hydrogen-bond acceptors (Lipinski definition) is 4. The normalized spacial score (nSPS) is 11.0. The minimum Gasteiger partial charge on any atom is -0.463 e. The lowest BCUT2D eigenvalue weighted by Gasteiger charge is -2.04. The Bertz CT molecular complexity index is 629. The van der Waals surface area contributed by atoms with E-state index >= 15 is 0 Å². The van der Waals surface area contributed by atoms with Gasteiger partial charge >= 0.3 is 11.9 Å². The van der Waals surface area contributed by atoms with E-state index in [0.29, 0.717) is 11.6 Å². The zero-order chi connectivity index (χ0) is 20.6. The zero-order valence-corrected chi connectivity index (χ0v) is 18.1. The Labute approximate surface area is 178 Å². The van der Waals surface area contributed by atoms with Crippen LogP contribution in [0.1, 0.15) is 71.1 Å². The fraction of sp³-hybridized carbons (Fsp3) is 0.545. The molecule has 6 heteroatoms. The van der Waals surface area contributed by atoms with E-state index in [2.05, 4.69) is 6.92 Å². The second-order valence-corrected chi connectivity index (χ2v) is 7.52. The van der Waals surface area contributed by atoms with E-state index in [0.717, 1.165) is 31.4 Å². The van der Waals surface area contributed by atoms with Crippen molar-refractivity contribution < 1.29 is 19.1 Å².